The molecule has 0 amide bonds. The summed E-state index contributed by atoms with van der Waals surface area (Å²) in [5.41, 5.74) is 1.14. The number of halogens is 2. The van der Waals surface area contributed by atoms with Crippen LogP contribution in [0, 0.1) is 17.1 Å². The zero-order valence-electron chi connectivity index (χ0n) is 9.58. The monoisotopic (exact) mass is 261 g/mol. The SMILES string of the molecule is COc1ccc(-c2c(F)cc(C#N)cc2Cl)cc1. The van der Waals surface area contributed by atoms with Crippen LogP contribution in [0.1, 0.15) is 5.56 Å². The van der Waals surface area contributed by atoms with Gasteiger partial charge in [0, 0.05) is 5.56 Å². The Balaban J connectivity index is 2.53. The van der Waals surface area contributed by atoms with Gasteiger partial charge in [0.1, 0.15) is 11.6 Å². The van der Waals surface area contributed by atoms with E-state index in [0.717, 1.165) is 0 Å². The van der Waals surface area contributed by atoms with Crippen LogP contribution in [0.2, 0.25) is 5.02 Å². The minimum absolute atomic E-state index is 0.203. The van der Waals surface area contributed by atoms with Crippen LogP contribution in [-0.4, -0.2) is 7.11 Å². The first-order chi connectivity index (χ1) is 8.65. The Bertz CT molecular complexity index is 594. The van der Waals surface area contributed by atoms with Gasteiger partial charge in [0.15, 0.2) is 0 Å². The first kappa shape index (κ1) is 12.4. The van der Waals surface area contributed by atoms with E-state index in [1.165, 1.54) is 12.1 Å². The number of methoxy groups -OCH3 is 1. The third kappa shape index (κ3) is 2.29. The highest BCUT2D eigenvalue weighted by molar-refractivity contribution is 6.33. The molecule has 2 rings (SSSR count). The second kappa shape index (κ2) is 5.07. The molecule has 2 aromatic rings. The predicted octanol–water partition coefficient (Wildman–Crippen LogP) is 4.03. The lowest BCUT2D eigenvalue weighted by atomic mass is 10.0. The van der Waals surface area contributed by atoms with Gasteiger partial charge in [-0.2, -0.15) is 5.26 Å². The van der Waals surface area contributed by atoms with Crippen molar-refractivity contribution in [1.29, 1.82) is 5.26 Å². The third-order valence-corrected chi connectivity index (χ3v) is 2.85. The van der Waals surface area contributed by atoms with Crippen LogP contribution >= 0.6 is 11.6 Å². The normalized spacial score (nSPS) is 9.89. The van der Waals surface area contributed by atoms with Crippen LogP contribution in [0.4, 0.5) is 4.39 Å². The Morgan fingerprint density at radius 2 is 1.89 bits per heavy atom. The molecular weight excluding hydrogens is 253 g/mol. The molecular formula is C14H9ClFNO. The molecule has 0 radical (unpaired) electrons. The van der Waals surface area contributed by atoms with Gasteiger partial charge in [0.25, 0.3) is 0 Å². The summed E-state index contributed by atoms with van der Waals surface area (Å²) < 4.78 is 18.9. The van der Waals surface area contributed by atoms with Crippen molar-refractivity contribution in [1.82, 2.24) is 0 Å². The van der Waals surface area contributed by atoms with Crippen LogP contribution in [0.15, 0.2) is 36.4 Å². The van der Waals surface area contributed by atoms with Gasteiger partial charge in [-0.1, -0.05) is 23.7 Å². The lowest BCUT2D eigenvalue weighted by Gasteiger charge is -2.07. The second-order valence-electron chi connectivity index (χ2n) is 3.66. The molecule has 0 aliphatic heterocycles. The first-order valence-corrected chi connectivity index (χ1v) is 5.57. The molecule has 18 heavy (non-hydrogen) atoms. The molecule has 0 spiro atoms. The zero-order chi connectivity index (χ0) is 13.1. The highest BCUT2D eigenvalue weighted by Gasteiger charge is 2.11. The topological polar surface area (TPSA) is 33.0 Å². The van der Waals surface area contributed by atoms with E-state index in [1.54, 1.807) is 31.4 Å². The summed E-state index contributed by atoms with van der Waals surface area (Å²) in [6.07, 6.45) is 0. The third-order valence-electron chi connectivity index (χ3n) is 2.55. The van der Waals surface area contributed by atoms with Gasteiger partial charge in [-0.25, -0.2) is 4.39 Å². The second-order valence-corrected chi connectivity index (χ2v) is 4.06. The standard InChI is InChI=1S/C14H9ClFNO/c1-18-11-4-2-10(3-5-11)14-12(15)6-9(8-17)7-13(14)16/h2-7H,1H3. The fourth-order valence-electron chi connectivity index (χ4n) is 1.67. The molecule has 0 N–H and O–H groups in total. The van der Waals surface area contributed by atoms with Crippen molar-refractivity contribution in [3.8, 4) is 22.9 Å². The quantitative estimate of drug-likeness (QED) is 0.818. The van der Waals surface area contributed by atoms with Gasteiger partial charge >= 0.3 is 0 Å². The summed E-state index contributed by atoms with van der Waals surface area (Å²) >= 11 is 6.00. The Labute approximate surface area is 109 Å². The van der Waals surface area contributed by atoms with E-state index in [-0.39, 0.29) is 10.6 Å². The molecule has 90 valence electrons. The van der Waals surface area contributed by atoms with Crippen molar-refractivity contribution in [2.75, 3.05) is 7.11 Å². The Morgan fingerprint density at radius 1 is 1.22 bits per heavy atom. The van der Waals surface area contributed by atoms with E-state index in [2.05, 4.69) is 0 Å². The molecule has 4 heteroatoms. The van der Waals surface area contributed by atoms with Crippen LogP contribution in [0.3, 0.4) is 0 Å². The Morgan fingerprint density at radius 3 is 2.39 bits per heavy atom. The minimum Gasteiger partial charge on any atom is -0.497 e. The molecule has 0 atom stereocenters. The molecule has 0 bridgehead atoms. The molecule has 0 saturated heterocycles. The van der Waals surface area contributed by atoms with Crippen LogP contribution in [0.5, 0.6) is 5.75 Å². The van der Waals surface area contributed by atoms with Crippen molar-refractivity contribution in [2.24, 2.45) is 0 Å². The van der Waals surface area contributed by atoms with Crippen LogP contribution in [-0.2, 0) is 0 Å². The number of nitrogens with zero attached hydrogens (tertiary/aromatic N) is 1. The van der Waals surface area contributed by atoms with Crippen molar-refractivity contribution in [2.45, 2.75) is 0 Å². The fraction of sp³-hybridized carbons (Fsp3) is 0.0714. The van der Waals surface area contributed by atoms with Crippen LogP contribution in [0.25, 0.3) is 11.1 Å². The lowest BCUT2D eigenvalue weighted by molar-refractivity contribution is 0.415. The summed E-state index contributed by atoms with van der Waals surface area (Å²) in [4.78, 5) is 0. The number of rotatable bonds is 2. The molecule has 2 nitrogen and oxygen atoms in total. The highest BCUT2D eigenvalue weighted by Crippen LogP contribution is 2.32. The minimum atomic E-state index is -0.510. The predicted molar refractivity (Wildman–Crippen MR) is 68.1 cm³/mol. The summed E-state index contributed by atoms with van der Waals surface area (Å²) in [5.74, 6) is 0.174. The van der Waals surface area contributed by atoms with Gasteiger partial charge in [0.2, 0.25) is 0 Å². The number of ether oxygens (including phenoxy) is 1. The first-order valence-electron chi connectivity index (χ1n) is 5.19. The van der Waals surface area contributed by atoms with Gasteiger partial charge in [-0.05, 0) is 29.8 Å². The summed E-state index contributed by atoms with van der Waals surface area (Å²) in [6, 6.07) is 11.4. The van der Waals surface area contributed by atoms with Gasteiger partial charge in [-0.15, -0.1) is 0 Å². The highest BCUT2D eigenvalue weighted by atomic mass is 35.5. The lowest BCUT2D eigenvalue weighted by Crippen LogP contribution is -1.89. The maximum atomic E-state index is 13.9. The Hall–Kier alpha value is -2.05. The summed E-state index contributed by atoms with van der Waals surface area (Å²) in [5, 5.41) is 8.94. The van der Waals surface area contributed by atoms with E-state index >= 15 is 0 Å². The molecule has 0 fully saturated rings. The van der Waals surface area contributed by atoms with E-state index in [0.29, 0.717) is 16.9 Å². The van der Waals surface area contributed by atoms with E-state index < -0.39 is 5.82 Å². The zero-order valence-corrected chi connectivity index (χ0v) is 10.3. The molecule has 2 aromatic carbocycles. The molecule has 0 unspecified atom stereocenters. The smallest absolute Gasteiger partial charge is 0.133 e. The summed E-state index contributed by atoms with van der Waals surface area (Å²) in [6.45, 7) is 0. The Kier molecular flexibility index (Phi) is 3.50. The maximum absolute atomic E-state index is 13.9. The van der Waals surface area contributed by atoms with E-state index in [1.807, 2.05) is 6.07 Å². The fourth-order valence-corrected chi connectivity index (χ4v) is 1.99. The van der Waals surface area contributed by atoms with Gasteiger partial charge in [-0.3, -0.25) is 0 Å². The average Bonchev–Trinajstić information content (AvgIpc) is 2.38. The van der Waals surface area contributed by atoms with Crippen molar-refractivity contribution >= 4 is 11.6 Å². The number of hydrogen-bond acceptors (Lipinski definition) is 2. The van der Waals surface area contributed by atoms with Crippen molar-refractivity contribution in [3.05, 3.63) is 52.8 Å². The van der Waals surface area contributed by atoms with Crippen LogP contribution < -0.4 is 4.74 Å². The molecule has 0 aliphatic rings. The van der Waals surface area contributed by atoms with E-state index in [9.17, 15) is 4.39 Å². The van der Waals surface area contributed by atoms with Crippen molar-refractivity contribution in [3.63, 3.8) is 0 Å². The number of hydrogen-bond donors (Lipinski definition) is 0. The molecule has 0 saturated carbocycles. The number of benzene rings is 2. The van der Waals surface area contributed by atoms with Gasteiger partial charge in [0.05, 0.1) is 23.8 Å². The molecule has 0 aromatic heterocycles. The largest absolute Gasteiger partial charge is 0.497 e. The van der Waals surface area contributed by atoms with Gasteiger partial charge < -0.3 is 4.74 Å². The maximum Gasteiger partial charge on any atom is 0.133 e. The number of nitriles is 1. The van der Waals surface area contributed by atoms with Crippen molar-refractivity contribution < 1.29 is 9.13 Å². The molecule has 0 heterocycles. The molecule has 0 aliphatic carbocycles. The van der Waals surface area contributed by atoms with E-state index in [4.69, 9.17) is 21.6 Å². The summed E-state index contributed by atoms with van der Waals surface area (Å²) in [7, 11) is 1.56. The average molecular weight is 262 g/mol.